The third-order valence-corrected chi connectivity index (χ3v) is 9.05. The number of aryl methyl sites for hydroxylation is 1. The zero-order valence-corrected chi connectivity index (χ0v) is 18.8. The van der Waals surface area contributed by atoms with Crippen LogP contribution in [0.2, 0.25) is 0 Å². The first kappa shape index (κ1) is 21.4. The normalized spacial score (nSPS) is 36.1. The lowest BCUT2D eigenvalue weighted by Crippen LogP contribution is -2.26. The first-order valence-corrected chi connectivity index (χ1v) is 12.8. The van der Waals surface area contributed by atoms with Gasteiger partial charge >= 0.3 is 0 Å². The first-order chi connectivity index (χ1) is 14.2. The third kappa shape index (κ3) is 5.86. The van der Waals surface area contributed by atoms with Crippen LogP contribution in [0.25, 0.3) is 0 Å². The summed E-state index contributed by atoms with van der Waals surface area (Å²) in [5.74, 6) is 5.10. The van der Waals surface area contributed by atoms with Gasteiger partial charge in [0.1, 0.15) is 0 Å². The van der Waals surface area contributed by atoms with Crippen LogP contribution in [0.15, 0.2) is 24.3 Å². The molecule has 3 fully saturated rings. The van der Waals surface area contributed by atoms with E-state index in [0.29, 0.717) is 5.92 Å². The molecule has 1 heteroatoms. The number of benzene rings is 1. The highest BCUT2D eigenvalue weighted by Gasteiger charge is 2.31. The van der Waals surface area contributed by atoms with E-state index >= 15 is 0 Å². The van der Waals surface area contributed by atoms with Crippen LogP contribution in [-0.2, 0) is 0 Å². The molecule has 0 bridgehead atoms. The van der Waals surface area contributed by atoms with E-state index in [-0.39, 0.29) is 6.67 Å². The van der Waals surface area contributed by atoms with Crippen molar-refractivity contribution in [2.75, 3.05) is 6.67 Å². The van der Waals surface area contributed by atoms with E-state index < -0.39 is 0 Å². The molecule has 0 saturated heterocycles. The van der Waals surface area contributed by atoms with E-state index in [1.54, 1.807) is 5.56 Å². The Hall–Kier alpha value is -0.850. The molecular formula is C28H43F. The fourth-order valence-corrected chi connectivity index (χ4v) is 6.86. The maximum absolute atomic E-state index is 12.9. The molecule has 162 valence electrons. The van der Waals surface area contributed by atoms with Crippen molar-refractivity contribution in [1.82, 2.24) is 0 Å². The lowest BCUT2D eigenvalue weighted by molar-refractivity contribution is 0.131. The van der Waals surface area contributed by atoms with Gasteiger partial charge in [0.25, 0.3) is 0 Å². The molecule has 0 atom stereocenters. The Labute approximate surface area is 179 Å². The topological polar surface area (TPSA) is 0 Å². The van der Waals surface area contributed by atoms with Crippen molar-refractivity contribution >= 4 is 0 Å². The van der Waals surface area contributed by atoms with Crippen molar-refractivity contribution in [1.29, 1.82) is 0 Å². The molecule has 4 rings (SSSR count). The van der Waals surface area contributed by atoms with Gasteiger partial charge in [-0.25, -0.2) is 0 Å². The van der Waals surface area contributed by atoms with Crippen molar-refractivity contribution in [2.24, 2.45) is 29.6 Å². The zero-order chi connectivity index (χ0) is 20.1. The van der Waals surface area contributed by atoms with Gasteiger partial charge < -0.3 is 0 Å². The Morgan fingerprint density at radius 3 is 1.55 bits per heavy atom. The molecule has 0 aromatic heterocycles. The monoisotopic (exact) mass is 398 g/mol. The predicted octanol–water partition coefficient (Wildman–Crippen LogP) is 8.63. The zero-order valence-electron chi connectivity index (χ0n) is 18.8. The maximum atomic E-state index is 12.9. The van der Waals surface area contributed by atoms with E-state index in [4.69, 9.17) is 0 Å². The Morgan fingerprint density at radius 1 is 0.621 bits per heavy atom. The summed E-state index contributed by atoms with van der Waals surface area (Å²) in [5, 5.41) is 0. The van der Waals surface area contributed by atoms with E-state index in [9.17, 15) is 4.39 Å². The largest absolute Gasteiger partial charge is 0.251 e. The highest BCUT2D eigenvalue weighted by molar-refractivity contribution is 5.24. The van der Waals surface area contributed by atoms with Gasteiger partial charge in [-0.05, 0) is 112 Å². The second kappa shape index (κ2) is 10.5. The fourth-order valence-electron chi connectivity index (χ4n) is 6.86. The van der Waals surface area contributed by atoms with Crippen molar-refractivity contribution < 1.29 is 4.39 Å². The van der Waals surface area contributed by atoms with E-state index in [0.717, 1.165) is 42.4 Å². The van der Waals surface area contributed by atoms with Gasteiger partial charge in [0.2, 0.25) is 0 Å². The molecule has 1 aromatic rings. The lowest BCUT2D eigenvalue weighted by atomic mass is 9.68. The smallest absolute Gasteiger partial charge is 0.0922 e. The minimum Gasteiger partial charge on any atom is -0.251 e. The highest BCUT2D eigenvalue weighted by atomic mass is 19.1. The maximum Gasteiger partial charge on any atom is 0.0922 e. The van der Waals surface area contributed by atoms with Gasteiger partial charge in [0.05, 0.1) is 6.67 Å². The Bertz CT molecular complexity index is 581. The molecule has 0 heterocycles. The van der Waals surface area contributed by atoms with Crippen LogP contribution in [0.5, 0.6) is 0 Å². The molecule has 0 radical (unpaired) electrons. The SMILES string of the molecule is Cc1ccc([C@H]2CC[C@H](CCC3CCC([C@H]4CC[C@H](CF)CC4)CC3)CC2)cc1. The molecule has 0 spiro atoms. The van der Waals surface area contributed by atoms with E-state index in [1.165, 1.54) is 82.6 Å². The van der Waals surface area contributed by atoms with Crippen LogP contribution < -0.4 is 0 Å². The first-order valence-electron chi connectivity index (χ1n) is 12.8. The van der Waals surface area contributed by atoms with Crippen LogP contribution >= 0.6 is 0 Å². The molecule has 0 N–H and O–H groups in total. The van der Waals surface area contributed by atoms with Gasteiger partial charge in [0.15, 0.2) is 0 Å². The quantitative estimate of drug-likeness (QED) is 0.450. The van der Waals surface area contributed by atoms with Crippen molar-refractivity contribution in [3.63, 3.8) is 0 Å². The van der Waals surface area contributed by atoms with Gasteiger partial charge in [-0.3, -0.25) is 4.39 Å². The number of alkyl halides is 1. The second-order valence-corrected chi connectivity index (χ2v) is 10.9. The number of hydrogen-bond acceptors (Lipinski definition) is 0. The van der Waals surface area contributed by atoms with Crippen molar-refractivity contribution in [3.8, 4) is 0 Å². The molecule has 0 amide bonds. The Kier molecular flexibility index (Phi) is 7.71. The number of halogens is 1. The van der Waals surface area contributed by atoms with Crippen LogP contribution in [0.3, 0.4) is 0 Å². The molecule has 3 saturated carbocycles. The summed E-state index contributed by atoms with van der Waals surface area (Å²) in [4.78, 5) is 0. The van der Waals surface area contributed by atoms with Gasteiger partial charge in [-0.15, -0.1) is 0 Å². The summed E-state index contributed by atoms with van der Waals surface area (Å²) >= 11 is 0. The highest BCUT2D eigenvalue weighted by Crippen LogP contribution is 2.43. The average molecular weight is 399 g/mol. The molecule has 0 nitrogen and oxygen atoms in total. The van der Waals surface area contributed by atoms with Gasteiger partial charge in [-0.1, -0.05) is 55.5 Å². The van der Waals surface area contributed by atoms with Crippen molar-refractivity contribution in [3.05, 3.63) is 35.4 Å². The van der Waals surface area contributed by atoms with Crippen LogP contribution in [0.1, 0.15) is 107 Å². The van der Waals surface area contributed by atoms with Gasteiger partial charge in [0, 0.05) is 0 Å². The summed E-state index contributed by atoms with van der Waals surface area (Å²) in [6, 6.07) is 9.29. The predicted molar refractivity (Wildman–Crippen MR) is 122 cm³/mol. The molecule has 3 aliphatic rings. The molecular weight excluding hydrogens is 355 g/mol. The fraction of sp³-hybridized carbons (Fsp3) is 0.786. The number of rotatable bonds is 6. The molecule has 3 aliphatic carbocycles. The second-order valence-electron chi connectivity index (χ2n) is 10.9. The minimum absolute atomic E-state index is 0.0770. The minimum atomic E-state index is -0.0770. The van der Waals surface area contributed by atoms with E-state index in [2.05, 4.69) is 31.2 Å². The summed E-state index contributed by atoms with van der Waals surface area (Å²) in [6.45, 7) is 2.11. The third-order valence-electron chi connectivity index (χ3n) is 9.05. The number of hydrogen-bond donors (Lipinski definition) is 0. The molecule has 29 heavy (non-hydrogen) atoms. The van der Waals surface area contributed by atoms with Crippen molar-refractivity contribution in [2.45, 2.75) is 103 Å². The lowest BCUT2D eigenvalue weighted by Gasteiger charge is -2.38. The summed E-state index contributed by atoms with van der Waals surface area (Å²) in [6.07, 6.45) is 19.5. The van der Waals surface area contributed by atoms with Gasteiger partial charge in [-0.2, -0.15) is 0 Å². The average Bonchev–Trinajstić information content (AvgIpc) is 2.79. The molecule has 0 unspecified atom stereocenters. The summed E-state index contributed by atoms with van der Waals surface area (Å²) in [5.41, 5.74) is 2.96. The van der Waals surface area contributed by atoms with Crippen LogP contribution in [-0.4, -0.2) is 6.67 Å². The van der Waals surface area contributed by atoms with Crippen LogP contribution in [0, 0.1) is 36.5 Å². The standard InChI is InChI=1S/C28H43F/c1-21-2-12-25(13-3-21)26-14-6-22(7-15-26)4-5-23-8-16-27(17-9-23)28-18-10-24(20-29)11-19-28/h2-3,12-13,22-24,26-28H,4-11,14-20H2,1H3/t22-,23?,24-,26-,27?,28-. The molecule has 0 aliphatic heterocycles. The summed E-state index contributed by atoms with van der Waals surface area (Å²) < 4.78 is 12.9. The van der Waals surface area contributed by atoms with Crippen LogP contribution in [0.4, 0.5) is 4.39 Å². The summed E-state index contributed by atoms with van der Waals surface area (Å²) in [7, 11) is 0. The van der Waals surface area contributed by atoms with E-state index in [1.807, 2.05) is 0 Å². The Morgan fingerprint density at radius 2 is 1.07 bits per heavy atom. The Balaban J connectivity index is 1.12. The molecule has 1 aromatic carbocycles.